The molecule has 1 aliphatic carbocycles. The smallest absolute Gasteiger partial charge is 0.321 e. The third kappa shape index (κ3) is 1.51. The largest absolute Gasteiger partial charge is 0.480 e. The van der Waals surface area contributed by atoms with Gasteiger partial charge in [0.15, 0.2) is 0 Å². The van der Waals surface area contributed by atoms with E-state index in [2.05, 4.69) is 4.98 Å². The number of rotatable bonds is 3. The van der Waals surface area contributed by atoms with Crippen LogP contribution in [0, 0.1) is 6.92 Å². The molecule has 1 aliphatic rings. The van der Waals surface area contributed by atoms with Crippen LogP contribution in [-0.4, -0.2) is 22.1 Å². The number of carbonyl (C=O) groups is 1. The van der Waals surface area contributed by atoms with Gasteiger partial charge in [-0.3, -0.25) is 9.78 Å². The van der Waals surface area contributed by atoms with Gasteiger partial charge in [-0.25, -0.2) is 0 Å². The van der Waals surface area contributed by atoms with E-state index >= 15 is 0 Å². The van der Waals surface area contributed by atoms with E-state index in [-0.39, 0.29) is 5.41 Å². The first-order chi connectivity index (χ1) is 7.08. The van der Waals surface area contributed by atoms with Gasteiger partial charge in [-0.1, -0.05) is 0 Å². The van der Waals surface area contributed by atoms with Gasteiger partial charge in [0.25, 0.3) is 0 Å². The van der Waals surface area contributed by atoms with Crippen molar-refractivity contribution in [1.29, 1.82) is 0 Å². The Hall–Kier alpha value is -1.42. The van der Waals surface area contributed by atoms with E-state index in [0.717, 1.165) is 24.0 Å². The Kier molecular flexibility index (Phi) is 2.23. The zero-order chi connectivity index (χ0) is 11.1. The lowest BCUT2D eigenvalue weighted by Gasteiger charge is -2.21. The third-order valence-corrected chi connectivity index (χ3v) is 3.21. The molecule has 0 amide bonds. The number of pyridine rings is 1. The maximum Gasteiger partial charge on any atom is 0.321 e. The fraction of sp³-hybridized carbons (Fsp3) is 0.455. The van der Waals surface area contributed by atoms with Gasteiger partial charge in [0, 0.05) is 17.8 Å². The van der Waals surface area contributed by atoms with Crippen molar-refractivity contribution < 1.29 is 9.90 Å². The van der Waals surface area contributed by atoms with Crippen LogP contribution in [0.3, 0.4) is 0 Å². The first-order valence-electron chi connectivity index (χ1n) is 4.97. The summed E-state index contributed by atoms with van der Waals surface area (Å²) in [6.45, 7) is 1.94. The van der Waals surface area contributed by atoms with Gasteiger partial charge in [0.2, 0.25) is 0 Å². The van der Waals surface area contributed by atoms with Gasteiger partial charge in [-0.2, -0.15) is 0 Å². The van der Waals surface area contributed by atoms with Crippen LogP contribution in [0.5, 0.6) is 0 Å². The van der Waals surface area contributed by atoms with Crippen LogP contribution >= 0.6 is 0 Å². The maximum atomic E-state index is 10.9. The number of aliphatic carboxylic acids is 1. The molecule has 1 heterocycles. The quantitative estimate of drug-likeness (QED) is 0.768. The molecule has 1 fully saturated rings. The van der Waals surface area contributed by atoms with Crippen molar-refractivity contribution in [3.05, 3.63) is 29.6 Å². The van der Waals surface area contributed by atoms with Gasteiger partial charge < -0.3 is 10.8 Å². The number of carboxylic acids is 1. The lowest BCUT2D eigenvalue weighted by atomic mass is 9.86. The van der Waals surface area contributed by atoms with Gasteiger partial charge in [0.05, 0.1) is 0 Å². The molecule has 0 radical (unpaired) electrons. The van der Waals surface area contributed by atoms with Gasteiger partial charge in [0.1, 0.15) is 6.04 Å². The van der Waals surface area contributed by atoms with Crippen molar-refractivity contribution in [3.63, 3.8) is 0 Å². The molecule has 1 atom stereocenters. The fourth-order valence-corrected chi connectivity index (χ4v) is 2.15. The molecule has 1 aromatic heterocycles. The van der Waals surface area contributed by atoms with Crippen molar-refractivity contribution in [3.8, 4) is 0 Å². The topological polar surface area (TPSA) is 76.2 Å². The van der Waals surface area contributed by atoms with Gasteiger partial charge in [-0.15, -0.1) is 0 Å². The zero-order valence-corrected chi connectivity index (χ0v) is 8.60. The van der Waals surface area contributed by atoms with Crippen LogP contribution in [0.2, 0.25) is 0 Å². The van der Waals surface area contributed by atoms with E-state index in [9.17, 15) is 4.79 Å². The van der Waals surface area contributed by atoms with E-state index in [0.29, 0.717) is 0 Å². The second-order valence-corrected chi connectivity index (χ2v) is 4.16. The van der Waals surface area contributed by atoms with Crippen LogP contribution in [-0.2, 0) is 10.2 Å². The number of hydrogen-bond donors (Lipinski definition) is 2. The van der Waals surface area contributed by atoms with Crippen molar-refractivity contribution in [2.24, 2.45) is 5.73 Å². The fourth-order valence-electron chi connectivity index (χ4n) is 2.15. The highest BCUT2D eigenvalue weighted by molar-refractivity contribution is 5.77. The van der Waals surface area contributed by atoms with Gasteiger partial charge >= 0.3 is 5.97 Å². The number of carboxylic acid groups (broad SMARTS) is 1. The molecule has 0 bridgehead atoms. The summed E-state index contributed by atoms with van der Waals surface area (Å²) in [7, 11) is 0. The normalized spacial score (nSPS) is 19.6. The maximum absolute atomic E-state index is 10.9. The molecule has 0 spiro atoms. The second kappa shape index (κ2) is 3.31. The van der Waals surface area contributed by atoms with E-state index in [1.807, 2.05) is 13.0 Å². The minimum absolute atomic E-state index is 0.348. The third-order valence-electron chi connectivity index (χ3n) is 3.21. The molecule has 1 unspecified atom stereocenters. The highest BCUT2D eigenvalue weighted by atomic mass is 16.4. The Morgan fingerprint density at radius 2 is 2.33 bits per heavy atom. The van der Waals surface area contributed by atoms with Crippen LogP contribution in [0.4, 0.5) is 0 Å². The summed E-state index contributed by atoms with van der Waals surface area (Å²) in [5.74, 6) is -0.927. The molecule has 4 nitrogen and oxygen atoms in total. The molecular formula is C11H14N2O2. The van der Waals surface area contributed by atoms with Crippen molar-refractivity contribution >= 4 is 5.97 Å². The van der Waals surface area contributed by atoms with E-state index in [1.165, 1.54) is 0 Å². The van der Waals surface area contributed by atoms with Crippen LogP contribution in [0.1, 0.15) is 24.0 Å². The molecule has 2 rings (SSSR count). The molecule has 4 heteroatoms. The van der Waals surface area contributed by atoms with Gasteiger partial charge in [-0.05, 0) is 37.0 Å². The van der Waals surface area contributed by atoms with Crippen molar-refractivity contribution in [2.45, 2.75) is 31.2 Å². The van der Waals surface area contributed by atoms with Crippen molar-refractivity contribution in [2.75, 3.05) is 0 Å². The van der Waals surface area contributed by atoms with E-state index in [1.54, 1.807) is 12.4 Å². The lowest BCUT2D eigenvalue weighted by molar-refractivity contribution is -0.139. The highest BCUT2D eigenvalue weighted by Gasteiger charge is 2.52. The van der Waals surface area contributed by atoms with Crippen LogP contribution in [0.15, 0.2) is 18.5 Å². The number of hydrogen-bond acceptors (Lipinski definition) is 3. The Balaban J connectivity index is 2.39. The minimum atomic E-state index is -0.927. The monoisotopic (exact) mass is 206 g/mol. The highest BCUT2D eigenvalue weighted by Crippen LogP contribution is 2.51. The molecule has 0 saturated heterocycles. The predicted octanol–water partition coefficient (Wildman–Crippen LogP) is 0.834. The molecule has 0 aliphatic heterocycles. The van der Waals surface area contributed by atoms with Crippen molar-refractivity contribution in [1.82, 2.24) is 4.98 Å². The summed E-state index contributed by atoms with van der Waals surface area (Å²) in [6, 6.07) is 1.07. The molecule has 1 aromatic rings. The second-order valence-electron chi connectivity index (χ2n) is 4.16. The summed E-state index contributed by atoms with van der Waals surface area (Å²) in [5.41, 5.74) is 7.44. The first kappa shape index (κ1) is 10.1. The summed E-state index contributed by atoms with van der Waals surface area (Å²) in [6.07, 6.45) is 5.15. The Labute approximate surface area is 88.1 Å². The van der Waals surface area contributed by atoms with Crippen LogP contribution in [0.25, 0.3) is 0 Å². The number of aromatic nitrogens is 1. The average Bonchev–Trinajstić information content (AvgIpc) is 2.98. The van der Waals surface area contributed by atoms with E-state index in [4.69, 9.17) is 10.8 Å². The summed E-state index contributed by atoms with van der Waals surface area (Å²) < 4.78 is 0. The Morgan fingerprint density at radius 3 is 2.80 bits per heavy atom. The molecule has 15 heavy (non-hydrogen) atoms. The number of aryl methyl sites for hydroxylation is 1. The minimum Gasteiger partial charge on any atom is -0.480 e. The number of nitrogens with two attached hydrogens (primary N) is 1. The average molecular weight is 206 g/mol. The Bertz CT molecular complexity index is 399. The summed E-state index contributed by atoms with van der Waals surface area (Å²) >= 11 is 0. The lowest BCUT2D eigenvalue weighted by Crippen LogP contribution is -2.42. The zero-order valence-electron chi connectivity index (χ0n) is 8.60. The summed E-state index contributed by atoms with van der Waals surface area (Å²) in [5, 5.41) is 8.97. The van der Waals surface area contributed by atoms with E-state index < -0.39 is 12.0 Å². The van der Waals surface area contributed by atoms with Crippen LogP contribution < -0.4 is 5.73 Å². The predicted molar refractivity (Wildman–Crippen MR) is 55.5 cm³/mol. The molecule has 80 valence electrons. The SMILES string of the molecule is Cc1cnccc1C1(C(N)C(=O)O)CC1. The summed E-state index contributed by atoms with van der Waals surface area (Å²) in [4.78, 5) is 14.9. The molecule has 0 aromatic carbocycles. The first-order valence-corrected chi connectivity index (χ1v) is 4.97. The number of nitrogens with zero attached hydrogens (tertiary/aromatic N) is 1. The standard InChI is InChI=1S/C11H14N2O2/c1-7-6-13-5-2-8(7)11(3-4-11)9(12)10(14)15/h2,5-6,9H,3-4,12H2,1H3,(H,14,15). The molecule has 3 N–H and O–H groups in total. The molecule has 1 saturated carbocycles. The Morgan fingerprint density at radius 1 is 1.67 bits per heavy atom. The molecular weight excluding hydrogens is 192 g/mol.